The molecule has 0 aromatic rings. The predicted molar refractivity (Wildman–Crippen MR) is 71.8 cm³/mol. The van der Waals surface area contributed by atoms with E-state index in [4.69, 9.17) is 4.74 Å². The minimum atomic E-state index is -0.605. The highest BCUT2D eigenvalue weighted by Crippen LogP contribution is 2.36. The van der Waals surface area contributed by atoms with E-state index in [9.17, 15) is 9.90 Å². The second kappa shape index (κ2) is 7.74. The van der Waals surface area contributed by atoms with Crippen molar-refractivity contribution in [3.63, 3.8) is 0 Å². The fraction of sp³-hybridized carbons (Fsp3) is 0.929. The first-order chi connectivity index (χ1) is 8.64. The fourth-order valence-electron chi connectivity index (χ4n) is 2.69. The lowest BCUT2D eigenvalue weighted by atomic mass is 9.75. The third-order valence-electron chi connectivity index (χ3n) is 3.90. The number of nitrogens with zero attached hydrogens (tertiary/aromatic N) is 1. The van der Waals surface area contributed by atoms with E-state index >= 15 is 0 Å². The Morgan fingerprint density at radius 3 is 2.39 bits per heavy atom. The number of hydrogen-bond donors (Lipinski definition) is 1. The van der Waals surface area contributed by atoms with E-state index in [1.54, 1.807) is 0 Å². The molecule has 0 atom stereocenters. The molecule has 106 valence electrons. The van der Waals surface area contributed by atoms with Crippen molar-refractivity contribution in [1.29, 1.82) is 0 Å². The zero-order chi connectivity index (χ0) is 13.4. The number of rotatable bonds is 8. The highest BCUT2D eigenvalue weighted by atomic mass is 16.5. The molecule has 0 saturated carbocycles. The van der Waals surface area contributed by atoms with Gasteiger partial charge < -0.3 is 14.7 Å². The summed E-state index contributed by atoms with van der Waals surface area (Å²) in [5.41, 5.74) is -0.463. The maximum Gasteiger partial charge on any atom is 0.309 e. The Kier molecular flexibility index (Phi) is 6.65. The molecule has 18 heavy (non-hydrogen) atoms. The minimum absolute atomic E-state index is 0.463. The molecule has 0 aromatic carbocycles. The van der Waals surface area contributed by atoms with Gasteiger partial charge in [-0.1, -0.05) is 20.3 Å². The Labute approximate surface area is 110 Å². The number of carboxylic acids is 1. The zero-order valence-electron chi connectivity index (χ0n) is 11.8. The summed E-state index contributed by atoms with van der Waals surface area (Å²) in [6.45, 7) is 8.47. The van der Waals surface area contributed by atoms with E-state index in [0.29, 0.717) is 0 Å². The molecule has 0 bridgehead atoms. The monoisotopic (exact) mass is 257 g/mol. The van der Waals surface area contributed by atoms with E-state index < -0.39 is 11.4 Å². The summed E-state index contributed by atoms with van der Waals surface area (Å²) in [7, 11) is 0. The molecule has 1 saturated heterocycles. The summed E-state index contributed by atoms with van der Waals surface area (Å²) in [6.07, 6.45) is 4.38. The topological polar surface area (TPSA) is 49.8 Å². The van der Waals surface area contributed by atoms with Crippen LogP contribution in [0.4, 0.5) is 0 Å². The van der Waals surface area contributed by atoms with Gasteiger partial charge in [-0.15, -0.1) is 0 Å². The van der Waals surface area contributed by atoms with Crippen molar-refractivity contribution in [2.24, 2.45) is 5.41 Å². The van der Waals surface area contributed by atoms with E-state index in [0.717, 1.165) is 65.0 Å². The van der Waals surface area contributed by atoms with Crippen LogP contribution in [0.3, 0.4) is 0 Å². The number of hydrogen-bond acceptors (Lipinski definition) is 3. The zero-order valence-corrected chi connectivity index (χ0v) is 11.8. The van der Waals surface area contributed by atoms with Crippen molar-refractivity contribution in [3.8, 4) is 0 Å². The Balaban J connectivity index is 2.32. The molecule has 4 heteroatoms. The van der Waals surface area contributed by atoms with Crippen LogP contribution in [-0.2, 0) is 9.53 Å². The second-order valence-corrected chi connectivity index (χ2v) is 5.29. The highest BCUT2D eigenvalue weighted by molar-refractivity contribution is 5.74. The maximum absolute atomic E-state index is 11.4. The van der Waals surface area contributed by atoms with Gasteiger partial charge in [0.25, 0.3) is 0 Å². The molecule has 0 radical (unpaired) electrons. The number of carboxylic acid groups (broad SMARTS) is 1. The van der Waals surface area contributed by atoms with E-state index in [1.807, 2.05) is 0 Å². The van der Waals surface area contributed by atoms with Crippen LogP contribution in [0, 0.1) is 5.41 Å². The van der Waals surface area contributed by atoms with Gasteiger partial charge >= 0.3 is 5.97 Å². The molecule has 1 heterocycles. The summed E-state index contributed by atoms with van der Waals surface area (Å²) >= 11 is 0. The minimum Gasteiger partial charge on any atom is -0.481 e. The average Bonchev–Trinajstić information content (AvgIpc) is 2.37. The standard InChI is InChI=1S/C14H27NO3/c1-3-5-14(13(16)17)6-8-15(9-7-14)10-12-18-11-4-2/h3-12H2,1-2H3,(H,16,17). The fourth-order valence-corrected chi connectivity index (χ4v) is 2.69. The highest BCUT2D eigenvalue weighted by Gasteiger charge is 2.40. The van der Waals surface area contributed by atoms with Crippen LogP contribution < -0.4 is 0 Å². The normalized spacial score (nSPS) is 19.9. The van der Waals surface area contributed by atoms with Crippen molar-refractivity contribution in [1.82, 2.24) is 4.90 Å². The molecule has 1 N–H and O–H groups in total. The maximum atomic E-state index is 11.4. The van der Waals surface area contributed by atoms with Gasteiger partial charge in [-0.2, -0.15) is 0 Å². The van der Waals surface area contributed by atoms with Crippen LogP contribution in [0.25, 0.3) is 0 Å². The quantitative estimate of drug-likeness (QED) is 0.678. The first-order valence-corrected chi connectivity index (χ1v) is 7.18. The molecule has 1 aliphatic rings. The summed E-state index contributed by atoms with van der Waals surface area (Å²) in [5, 5.41) is 9.41. The lowest BCUT2D eigenvalue weighted by Gasteiger charge is -2.38. The number of carbonyl (C=O) groups is 1. The van der Waals surface area contributed by atoms with Crippen LogP contribution in [0.1, 0.15) is 46.0 Å². The van der Waals surface area contributed by atoms with Crippen LogP contribution in [0.2, 0.25) is 0 Å². The van der Waals surface area contributed by atoms with Crippen molar-refractivity contribution in [2.75, 3.05) is 32.8 Å². The van der Waals surface area contributed by atoms with E-state index in [1.165, 1.54) is 0 Å². The van der Waals surface area contributed by atoms with Crippen molar-refractivity contribution in [3.05, 3.63) is 0 Å². The molecule has 4 nitrogen and oxygen atoms in total. The van der Waals surface area contributed by atoms with Crippen LogP contribution >= 0.6 is 0 Å². The van der Waals surface area contributed by atoms with Crippen LogP contribution in [0.15, 0.2) is 0 Å². The molecule has 0 aromatic heterocycles. The van der Waals surface area contributed by atoms with Gasteiger partial charge in [0, 0.05) is 13.2 Å². The lowest BCUT2D eigenvalue weighted by Crippen LogP contribution is -2.45. The second-order valence-electron chi connectivity index (χ2n) is 5.29. The average molecular weight is 257 g/mol. The molecule has 0 amide bonds. The van der Waals surface area contributed by atoms with E-state index in [2.05, 4.69) is 18.7 Å². The number of piperidine rings is 1. The predicted octanol–water partition coefficient (Wildman–Crippen LogP) is 2.38. The van der Waals surface area contributed by atoms with Crippen LogP contribution in [0.5, 0.6) is 0 Å². The van der Waals surface area contributed by atoms with Crippen LogP contribution in [-0.4, -0.2) is 48.8 Å². The largest absolute Gasteiger partial charge is 0.481 e. The van der Waals surface area contributed by atoms with Crippen molar-refractivity contribution in [2.45, 2.75) is 46.0 Å². The van der Waals surface area contributed by atoms with Gasteiger partial charge in [0.15, 0.2) is 0 Å². The number of ether oxygens (including phenoxy) is 1. The van der Waals surface area contributed by atoms with Crippen molar-refractivity contribution >= 4 is 5.97 Å². The van der Waals surface area contributed by atoms with Gasteiger partial charge in [-0.3, -0.25) is 4.79 Å². The first kappa shape index (κ1) is 15.4. The molecule has 0 unspecified atom stereocenters. The van der Waals surface area contributed by atoms with Gasteiger partial charge in [0.1, 0.15) is 0 Å². The Morgan fingerprint density at radius 2 is 1.89 bits per heavy atom. The van der Waals surface area contributed by atoms with Crippen molar-refractivity contribution < 1.29 is 14.6 Å². The number of likely N-dealkylation sites (tertiary alicyclic amines) is 1. The molecule has 1 aliphatic heterocycles. The van der Waals surface area contributed by atoms with E-state index in [-0.39, 0.29) is 0 Å². The molecule has 0 spiro atoms. The van der Waals surface area contributed by atoms with Gasteiger partial charge in [0.2, 0.25) is 0 Å². The molecular formula is C14H27NO3. The first-order valence-electron chi connectivity index (χ1n) is 7.18. The molecule has 0 aliphatic carbocycles. The van der Waals surface area contributed by atoms with Gasteiger partial charge in [-0.25, -0.2) is 0 Å². The van der Waals surface area contributed by atoms with Gasteiger partial charge in [-0.05, 0) is 38.8 Å². The summed E-state index contributed by atoms with van der Waals surface area (Å²) in [6, 6.07) is 0. The molecular weight excluding hydrogens is 230 g/mol. The SMILES string of the molecule is CCCOCCN1CCC(CCC)(C(=O)O)CC1. The number of aliphatic carboxylic acids is 1. The smallest absolute Gasteiger partial charge is 0.309 e. The third kappa shape index (κ3) is 4.25. The Morgan fingerprint density at radius 1 is 1.22 bits per heavy atom. The third-order valence-corrected chi connectivity index (χ3v) is 3.90. The molecule has 1 rings (SSSR count). The lowest BCUT2D eigenvalue weighted by molar-refractivity contribution is -0.152. The molecule has 1 fully saturated rings. The Bertz CT molecular complexity index is 247. The van der Waals surface area contributed by atoms with Gasteiger partial charge in [0.05, 0.1) is 12.0 Å². The Hall–Kier alpha value is -0.610. The summed E-state index contributed by atoms with van der Waals surface area (Å²) in [4.78, 5) is 13.8. The summed E-state index contributed by atoms with van der Waals surface area (Å²) in [5.74, 6) is -0.605. The summed E-state index contributed by atoms with van der Waals surface area (Å²) < 4.78 is 5.47.